The Labute approximate surface area is 102 Å². The van der Waals surface area contributed by atoms with Crippen LogP contribution in [-0.2, 0) is 0 Å². The molecule has 1 aromatic rings. The van der Waals surface area contributed by atoms with Crippen molar-refractivity contribution in [2.45, 2.75) is 26.2 Å². The van der Waals surface area contributed by atoms with Gasteiger partial charge in [0.25, 0.3) is 5.91 Å². The summed E-state index contributed by atoms with van der Waals surface area (Å²) in [5, 5.41) is 0. The third-order valence-corrected chi connectivity index (χ3v) is 3.30. The lowest BCUT2D eigenvalue weighted by atomic mass is 10.0. The molecule has 17 heavy (non-hydrogen) atoms. The van der Waals surface area contributed by atoms with Crippen LogP contribution in [0.4, 0.5) is 5.82 Å². The average molecular weight is 233 g/mol. The number of hydrogen-bond acceptors (Lipinski definition) is 3. The molecule has 4 nitrogen and oxygen atoms in total. The summed E-state index contributed by atoms with van der Waals surface area (Å²) >= 11 is 0. The maximum atomic E-state index is 12.2. The van der Waals surface area contributed by atoms with Gasteiger partial charge in [-0.15, -0.1) is 0 Å². The van der Waals surface area contributed by atoms with Crippen molar-refractivity contribution in [1.82, 2.24) is 9.88 Å². The molecule has 1 fully saturated rings. The SMILES string of the molecule is CCCC1CCN(C(=O)c2ccnc(N)c2)C1. The zero-order valence-electron chi connectivity index (χ0n) is 10.2. The molecule has 2 heterocycles. The predicted molar refractivity (Wildman–Crippen MR) is 67.6 cm³/mol. The topological polar surface area (TPSA) is 59.2 Å². The highest BCUT2D eigenvalue weighted by molar-refractivity contribution is 5.94. The van der Waals surface area contributed by atoms with E-state index in [0.29, 0.717) is 17.3 Å². The van der Waals surface area contributed by atoms with E-state index in [9.17, 15) is 4.79 Å². The van der Waals surface area contributed by atoms with E-state index < -0.39 is 0 Å². The van der Waals surface area contributed by atoms with Crippen LogP contribution in [0.5, 0.6) is 0 Å². The van der Waals surface area contributed by atoms with E-state index in [1.807, 2.05) is 4.90 Å². The van der Waals surface area contributed by atoms with Gasteiger partial charge in [-0.3, -0.25) is 4.79 Å². The fourth-order valence-corrected chi connectivity index (χ4v) is 2.42. The summed E-state index contributed by atoms with van der Waals surface area (Å²) in [6, 6.07) is 3.38. The van der Waals surface area contributed by atoms with Crippen molar-refractivity contribution in [3.05, 3.63) is 23.9 Å². The number of anilines is 1. The molecule has 92 valence electrons. The molecular weight excluding hydrogens is 214 g/mol. The van der Waals surface area contributed by atoms with Crippen LogP contribution in [0.2, 0.25) is 0 Å². The summed E-state index contributed by atoms with van der Waals surface area (Å²) in [4.78, 5) is 18.0. The highest BCUT2D eigenvalue weighted by atomic mass is 16.2. The third kappa shape index (κ3) is 2.75. The molecule has 0 aromatic carbocycles. The highest BCUT2D eigenvalue weighted by Crippen LogP contribution is 2.22. The summed E-state index contributed by atoms with van der Waals surface area (Å²) in [5.41, 5.74) is 6.24. The van der Waals surface area contributed by atoms with Gasteiger partial charge in [0.15, 0.2) is 0 Å². The second-order valence-electron chi connectivity index (χ2n) is 4.66. The molecule has 0 aliphatic carbocycles. The number of nitrogens with two attached hydrogens (primary N) is 1. The fourth-order valence-electron chi connectivity index (χ4n) is 2.42. The van der Waals surface area contributed by atoms with Crippen molar-refractivity contribution in [2.75, 3.05) is 18.8 Å². The molecule has 1 atom stereocenters. The first-order chi connectivity index (χ1) is 8.20. The first kappa shape index (κ1) is 11.9. The van der Waals surface area contributed by atoms with E-state index in [2.05, 4.69) is 11.9 Å². The van der Waals surface area contributed by atoms with Crippen LogP contribution in [0, 0.1) is 5.92 Å². The second kappa shape index (κ2) is 5.17. The zero-order chi connectivity index (χ0) is 12.3. The molecule has 2 rings (SSSR count). The van der Waals surface area contributed by atoms with Gasteiger partial charge in [-0.1, -0.05) is 13.3 Å². The maximum absolute atomic E-state index is 12.2. The van der Waals surface area contributed by atoms with E-state index in [-0.39, 0.29) is 5.91 Å². The molecule has 4 heteroatoms. The summed E-state index contributed by atoms with van der Waals surface area (Å²) in [5.74, 6) is 1.15. The van der Waals surface area contributed by atoms with Gasteiger partial charge in [0.05, 0.1) is 0 Å². The molecule has 0 spiro atoms. The van der Waals surface area contributed by atoms with Gasteiger partial charge in [0.1, 0.15) is 5.82 Å². The summed E-state index contributed by atoms with van der Waals surface area (Å²) in [7, 11) is 0. The van der Waals surface area contributed by atoms with E-state index in [0.717, 1.165) is 19.5 Å². The Morgan fingerprint density at radius 1 is 1.65 bits per heavy atom. The standard InChI is InChI=1S/C13H19N3O/c1-2-3-10-5-7-16(9-10)13(17)11-4-6-15-12(14)8-11/h4,6,8,10H,2-3,5,7,9H2,1H3,(H2,14,15). The van der Waals surface area contributed by atoms with Gasteiger partial charge < -0.3 is 10.6 Å². The highest BCUT2D eigenvalue weighted by Gasteiger charge is 2.26. The number of aromatic nitrogens is 1. The van der Waals surface area contributed by atoms with Gasteiger partial charge in [0, 0.05) is 24.8 Å². The number of hydrogen-bond donors (Lipinski definition) is 1. The average Bonchev–Trinajstić information content (AvgIpc) is 2.77. The van der Waals surface area contributed by atoms with Crippen molar-refractivity contribution in [3.8, 4) is 0 Å². The molecule has 1 saturated heterocycles. The van der Waals surface area contributed by atoms with Gasteiger partial charge in [-0.05, 0) is 30.9 Å². The lowest BCUT2D eigenvalue weighted by Crippen LogP contribution is -2.28. The first-order valence-corrected chi connectivity index (χ1v) is 6.21. The Balaban J connectivity index is 2.02. The Morgan fingerprint density at radius 3 is 3.18 bits per heavy atom. The third-order valence-electron chi connectivity index (χ3n) is 3.30. The Hall–Kier alpha value is -1.58. The lowest BCUT2D eigenvalue weighted by molar-refractivity contribution is 0.0786. The number of nitrogen functional groups attached to an aromatic ring is 1. The van der Waals surface area contributed by atoms with Crippen LogP contribution in [0.25, 0.3) is 0 Å². The van der Waals surface area contributed by atoms with E-state index in [1.54, 1.807) is 18.3 Å². The maximum Gasteiger partial charge on any atom is 0.254 e. The monoisotopic (exact) mass is 233 g/mol. The number of pyridine rings is 1. The molecule has 1 amide bonds. The minimum Gasteiger partial charge on any atom is -0.384 e. The van der Waals surface area contributed by atoms with Crippen LogP contribution in [0.3, 0.4) is 0 Å². The van der Waals surface area contributed by atoms with Crippen LogP contribution in [0.15, 0.2) is 18.3 Å². The van der Waals surface area contributed by atoms with Crippen LogP contribution < -0.4 is 5.73 Å². The van der Waals surface area contributed by atoms with Crippen molar-refractivity contribution in [2.24, 2.45) is 5.92 Å². The normalized spacial score (nSPS) is 19.6. The van der Waals surface area contributed by atoms with E-state index in [1.165, 1.54) is 12.8 Å². The van der Waals surface area contributed by atoms with E-state index >= 15 is 0 Å². The Bertz CT molecular complexity index is 405. The van der Waals surface area contributed by atoms with Crippen LogP contribution >= 0.6 is 0 Å². The van der Waals surface area contributed by atoms with Gasteiger partial charge in [-0.25, -0.2) is 4.98 Å². The fraction of sp³-hybridized carbons (Fsp3) is 0.538. The van der Waals surface area contributed by atoms with Gasteiger partial charge in [0.2, 0.25) is 0 Å². The van der Waals surface area contributed by atoms with Crippen molar-refractivity contribution < 1.29 is 4.79 Å². The molecule has 2 N–H and O–H groups in total. The molecule has 1 unspecified atom stereocenters. The lowest BCUT2D eigenvalue weighted by Gasteiger charge is -2.16. The number of likely N-dealkylation sites (tertiary alicyclic amines) is 1. The second-order valence-corrected chi connectivity index (χ2v) is 4.66. The molecule has 1 aromatic heterocycles. The Morgan fingerprint density at radius 2 is 2.47 bits per heavy atom. The zero-order valence-corrected chi connectivity index (χ0v) is 10.2. The number of amides is 1. The van der Waals surface area contributed by atoms with Crippen LogP contribution in [0.1, 0.15) is 36.5 Å². The van der Waals surface area contributed by atoms with Gasteiger partial charge in [-0.2, -0.15) is 0 Å². The molecular formula is C13H19N3O. The van der Waals surface area contributed by atoms with Crippen molar-refractivity contribution in [3.63, 3.8) is 0 Å². The number of nitrogens with zero attached hydrogens (tertiary/aromatic N) is 2. The van der Waals surface area contributed by atoms with Crippen LogP contribution in [-0.4, -0.2) is 28.9 Å². The summed E-state index contributed by atoms with van der Waals surface area (Å²) < 4.78 is 0. The van der Waals surface area contributed by atoms with E-state index in [4.69, 9.17) is 5.73 Å². The minimum atomic E-state index is 0.0812. The minimum absolute atomic E-state index is 0.0812. The molecule has 0 bridgehead atoms. The number of carbonyl (C=O) groups excluding carboxylic acids is 1. The smallest absolute Gasteiger partial charge is 0.254 e. The molecule has 0 radical (unpaired) electrons. The van der Waals surface area contributed by atoms with Crippen molar-refractivity contribution >= 4 is 11.7 Å². The quantitative estimate of drug-likeness (QED) is 0.867. The molecule has 0 saturated carbocycles. The first-order valence-electron chi connectivity index (χ1n) is 6.21. The number of rotatable bonds is 3. The summed E-state index contributed by atoms with van der Waals surface area (Å²) in [6.07, 6.45) is 5.11. The van der Waals surface area contributed by atoms with Crippen molar-refractivity contribution in [1.29, 1.82) is 0 Å². The molecule has 1 aliphatic rings. The predicted octanol–water partition coefficient (Wildman–Crippen LogP) is 1.93. The Kier molecular flexibility index (Phi) is 3.61. The molecule has 1 aliphatic heterocycles. The number of carbonyl (C=O) groups is 1. The summed E-state index contributed by atoms with van der Waals surface area (Å²) in [6.45, 7) is 3.94. The van der Waals surface area contributed by atoms with Gasteiger partial charge >= 0.3 is 0 Å². The largest absolute Gasteiger partial charge is 0.384 e.